The Labute approximate surface area is 134 Å². The van der Waals surface area contributed by atoms with Crippen LogP contribution in [0.3, 0.4) is 0 Å². The quantitative estimate of drug-likeness (QED) is 0.767. The van der Waals surface area contributed by atoms with Crippen molar-refractivity contribution in [3.05, 3.63) is 53.9 Å². The molecule has 0 radical (unpaired) electrons. The number of hydrogen-bond donors (Lipinski definition) is 2. The number of ether oxygens (including phenoxy) is 1. The highest BCUT2D eigenvalue weighted by molar-refractivity contribution is 6.05. The summed E-state index contributed by atoms with van der Waals surface area (Å²) in [7, 11) is 1.58. The van der Waals surface area contributed by atoms with Crippen LogP contribution in [0.2, 0.25) is 0 Å². The lowest BCUT2D eigenvalue weighted by Gasteiger charge is -2.06. The zero-order valence-corrected chi connectivity index (χ0v) is 13.4. The molecular formula is C18H19N3O2. The number of nitrogens with zero attached hydrogens (tertiary/aromatic N) is 1. The van der Waals surface area contributed by atoms with Crippen LogP contribution in [-0.2, 0) is 0 Å². The molecule has 0 aliphatic heterocycles. The van der Waals surface area contributed by atoms with E-state index in [-0.39, 0.29) is 5.91 Å². The first-order valence-corrected chi connectivity index (χ1v) is 7.52. The molecule has 118 valence electrons. The fourth-order valence-corrected chi connectivity index (χ4v) is 2.35. The van der Waals surface area contributed by atoms with Crippen molar-refractivity contribution in [3.8, 4) is 5.75 Å². The third kappa shape index (κ3) is 3.18. The van der Waals surface area contributed by atoms with E-state index < -0.39 is 0 Å². The minimum atomic E-state index is -0.174. The monoisotopic (exact) mass is 309 g/mol. The number of carbonyl (C=O) groups is 1. The van der Waals surface area contributed by atoms with Crippen molar-refractivity contribution >= 4 is 22.6 Å². The van der Waals surface area contributed by atoms with Crippen LogP contribution >= 0.6 is 0 Å². The lowest BCUT2D eigenvalue weighted by atomic mass is 10.2. The van der Waals surface area contributed by atoms with Gasteiger partial charge in [-0.05, 0) is 36.4 Å². The van der Waals surface area contributed by atoms with Crippen molar-refractivity contribution in [1.82, 2.24) is 9.97 Å². The Morgan fingerprint density at radius 1 is 1.22 bits per heavy atom. The molecule has 3 rings (SSSR count). The molecule has 2 N–H and O–H groups in total. The van der Waals surface area contributed by atoms with E-state index in [0.29, 0.717) is 17.2 Å². The van der Waals surface area contributed by atoms with Crippen LogP contribution in [0.1, 0.15) is 35.9 Å². The Kier molecular flexibility index (Phi) is 4.02. The lowest BCUT2D eigenvalue weighted by Crippen LogP contribution is -2.11. The van der Waals surface area contributed by atoms with Gasteiger partial charge in [-0.2, -0.15) is 0 Å². The van der Waals surface area contributed by atoms with Crippen molar-refractivity contribution in [1.29, 1.82) is 0 Å². The number of anilines is 1. The predicted molar refractivity (Wildman–Crippen MR) is 91.1 cm³/mol. The molecule has 0 spiro atoms. The Hall–Kier alpha value is -2.82. The van der Waals surface area contributed by atoms with Crippen LogP contribution in [-0.4, -0.2) is 23.0 Å². The van der Waals surface area contributed by atoms with Crippen molar-refractivity contribution in [2.45, 2.75) is 19.8 Å². The number of imidazole rings is 1. The second-order valence-corrected chi connectivity index (χ2v) is 5.69. The van der Waals surface area contributed by atoms with Gasteiger partial charge in [0.05, 0.1) is 18.1 Å². The van der Waals surface area contributed by atoms with Crippen molar-refractivity contribution in [2.75, 3.05) is 12.4 Å². The average Bonchev–Trinajstić information content (AvgIpc) is 2.98. The van der Waals surface area contributed by atoms with Gasteiger partial charge in [-0.3, -0.25) is 4.79 Å². The van der Waals surface area contributed by atoms with Gasteiger partial charge in [0.15, 0.2) is 0 Å². The predicted octanol–water partition coefficient (Wildman–Crippen LogP) is 3.95. The number of carbonyl (C=O) groups excluding carboxylic acids is 1. The zero-order valence-electron chi connectivity index (χ0n) is 13.4. The summed E-state index contributed by atoms with van der Waals surface area (Å²) in [6, 6.07) is 12.7. The van der Waals surface area contributed by atoms with Crippen LogP contribution in [0.4, 0.5) is 5.69 Å². The number of rotatable bonds is 4. The number of nitrogens with one attached hydrogen (secondary N) is 2. The summed E-state index contributed by atoms with van der Waals surface area (Å²) < 4.78 is 5.14. The normalized spacial score (nSPS) is 11.0. The van der Waals surface area contributed by atoms with Crippen LogP contribution in [0, 0.1) is 0 Å². The second kappa shape index (κ2) is 6.12. The molecular weight excluding hydrogens is 290 g/mol. The Morgan fingerprint density at radius 3 is 2.78 bits per heavy atom. The number of fused-ring (bicyclic) bond motifs is 1. The van der Waals surface area contributed by atoms with Gasteiger partial charge >= 0.3 is 0 Å². The van der Waals surface area contributed by atoms with E-state index in [1.54, 1.807) is 31.4 Å². The first-order chi connectivity index (χ1) is 11.1. The van der Waals surface area contributed by atoms with Gasteiger partial charge in [0.25, 0.3) is 5.91 Å². The van der Waals surface area contributed by atoms with E-state index in [2.05, 4.69) is 29.1 Å². The molecule has 0 atom stereocenters. The summed E-state index contributed by atoms with van der Waals surface area (Å²) in [5.41, 5.74) is 3.09. The number of hydrogen-bond acceptors (Lipinski definition) is 3. The summed E-state index contributed by atoms with van der Waals surface area (Å²) in [5, 5.41) is 2.90. The summed E-state index contributed by atoms with van der Waals surface area (Å²) in [6.07, 6.45) is 0. The van der Waals surface area contributed by atoms with E-state index in [9.17, 15) is 4.79 Å². The van der Waals surface area contributed by atoms with Gasteiger partial charge in [-0.15, -0.1) is 0 Å². The topological polar surface area (TPSA) is 67.0 Å². The Balaban J connectivity index is 1.84. The molecule has 5 nitrogen and oxygen atoms in total. The molecule has 1 heterocycles. The summed E-state index contributed by atoms with van der Waals surface area (Å²) in [6.45, 7) is 4.17. The number of methoxy groups -OCH3 is 1. The highest BCUT2D eigenvalue weighted by atomic mass is 16.5. The van der Waals surface area contributed by atoms with Gasteiger partial charge in [-0.1, -0.05) is 19.9 Å². The third-order valence-electron chi connectivity index (χ3n) is 3.64. The molecule has 0 aliphatic rings. The number of aromatic amines is 1. The Bertz CT molecular complexity index is 852. The minimum Gasteiger partial charge on any atom is -0.497 e. The van der Waals surface area contributed by atoms with Gasteiger partial charge < -0.3 is 15.0 Å². The minimum absolute atomic E-state index is 0.174. The maximum Gasteiger partial charge on any atom is 0.255 e. The fraction of sp³-hybridized carbons (Fsp3) is 0.222. The van der Waals surface area contributed by atoms with E-state index in [4.69, 9.17) is 4.74 Å². The summed E-state index contributed by atoms with van der Waals surface area (Å²) in [5.74, 6) is 1.75. The van der Waals surface area contributed by atoms with Crippen LogP contribution in [0.25, 0.3) is 11.0 Å². The van der Waals surface area contributed by atoms with Gasteiger partial charge in [-0.25, -0.2) is 4.98 Å². The molecule has 23 heavy (non-hydrogen) atoms. The van der Waals surface area contributed by atoms with Crippen LogP contribution in [0.5, 0.6) is 5.75 Å². The number of amides is 1. The largest absolute Gasteiger partial charge is 0.497 e. The Morgan fingerprint density at radius 2 is 2.04 bits per heavy atom. The maximum atomic E-state index is 12.3. The van der Waals surface area contributed by atoms with E-state index >= 15 is 0 Å². The molecule has 3 aromatic rings. The molecule has 0 fully saturated rings. The number of aromatic nitrogens is 2. The fourth-order valence-electron chi connectivity index (χ4n) is 2.35. The summed E-state index contributed by atoms with van der Waals surface area (Å²) >= 11 is 0. The molecule has 0 bridgehead atoms. The van der Waals surface area contributed by atoms with Gasteiger partial charge in [0.1, 0.15) is 11.6 Å². The van der Waals surface area contributed by atoms with Gasteiger partial charge in [0, 0.05) is 17.2 Å². The highest BCUT2D eigenvalue weighted by Crippen LogP contribution is 2.21. The molecule has 2 aromatic carbocycles. The summed E-state index contributed by atoms with van der Waals surface area (Å²) in [4.78, 5) is 20.2. The molecule has 1 amide bonds. The molecule has 0 saturated carbocycles. The lowest BCUT2D eigenvalue weighted by molar-refractivity contribution is 0.102. The molecule has 5 heteroatoms. The van der Waals surface area contributed by atoms with Crippen LogP contribution < -0.4 is 10.1 Å². The first-order valence-electron chi connectivity index (χ1n) is 7.52. The molecule has 0 unspecified atom stereocenters. The smallest absolute Gasteiger partial charge is 0.255 e. The molecule has 0 saturated heterocycles. The number of H-pyrrole nitrogens is 1. The average molecular weight is 309 g/mol. The van der Waals surface area contributed by atoms with Crippen molar-refractivity contribution < 1.29 is 9.53 Å². The first kappa shape index (κ1) is 15.1. The SMILES string of the molecule is COc1cccc(C(=O)Nc2ccc3nc(C(C)C)[nH]c3c2)c1. The van der Waals surface area contributed by atoms with E-state index in [0.717, 1.165) is 22.5 Å². The molecule has 0 aliphatic carbocycles. The van der Waals surface area contributed by atoms with Crippen molar-refractivity contribution in [2.24, 2.45) is 0 Å². The standard InChI is InChI=1S/C18H19N3O2/c1-11(2)17-20-15-8-7-13(10-16(15)21-17)19-18(22)12-5-4-6-14(9-12)23-3/h4-11H,1-3H3,(H,19,22)(H,20,21). The molecule has 1 aromatic heterocycles. The van der Waals surface area contributed by atoms with E-state index in [1.807, 2.05) is 18.2 Å². The maximum absolute atomic E-state index is 12.3. The van der Waals surface area contributed by atoms with E-state index in [1.165, 1.54) is 0 Å². The third-order valence-corrected chi connectivity index (χ3v) is 3.64. The van der Waals surface area contributed by atoms with Crippen LogP contribution in [0.15, 0.2) is 42.5 Å². The van der Waals surface area contributed by atoms with Gasteiger partial charge in [0.2, 0.25) is 0 Å². The highest BCUT2D eigenvalue weighted by Gasteiger charge is 2.10. The number of benzene rings is 2. The zero-order chi connectivity index (χ0) is 16.4. The second-order valence-electron chi connectivity index (χ2n) is 5.69. The van der Waals surface area contributed by atoms with Crippen molar-refractivity contribution in [3.63, 3.8) is 0 Å².